The van der Waals surface area contributed by atoms with Crippen LogP contribution in [0.3, 0.4) is 0 Å². The largest absolute Gasteiger partial charge is 0.490 e. The van der Waals surface area contributed by atoms with Gasteiger partial charge in [0.1, 0.15) is 11.4 Å². The molecule has 1 fully saturated rings. The number of hydrogen-bond acceptors (Lipinski definition) is 5. The Labute approximate surface area is 199 Å². The average Bonchev–Trinajstić information content (AvgIpc) is 2.71. The van der Waals surface area contributed by atoms with Crippen LogP contribution in [-0.2, 0) is 27.3 Å². The Morgan fingerprint density at radius 1 is 1.06 bits per heavy atom. The van der Waals surface area contributed by atoms with Gasteiger partial charge in [0.25, 0.3) is 0 Å². The molecule has 1 unspecified atom stereocenters. The van der Waals surface area contributed by atoms with Crippen molar-refractivity contribution in [3.8, 4) is 5.75 Å². The van der Waals surface area contributed by atoms with Gasteiger partial charge >= 0.3 is 5.97 Å². The maximum atomic E-state index is 12.8. The monoisotopic (exact) mass is 458 g/mol. The van der Waals surface area contributed by atoms with Gasteiger partial charge in [0.05, 0.1) is 18.6 Å². The third-order valence-electron chi connectivity index (χ3n) is 6.83. The summed E-state index contributed by atoms with van der Waals surface area (Å²) in [6, 6.07) is 5.33. The Morgan fingerprint density at radius 3 is 2.33 bits per heavy atom. The molecule has 1 atom stereocenters. The SMILES string of the molecule is CC(C)(C)OC(=O)CC(N)C(=O)N1CCc2cc(O[C@H]3CC[C@H](C(C)(C)C)CC3)ccc2C1. The van der Waals surface area contributed by atoms with Gasteiger partial charge in [-0.15, -0.1) is 0 Å². The van der Waals surface area contributed by atoms with Crippen molar-refractivity contribution in [1.29, 1.82) is 0 Å². The molecular formula is C27H42N2O4. The highest BCUT2D eigenvalue weighted by molar-refractivity contribution is 5.86. The van der Waals surface area contributed by atoms with E-state index < -0.39 is 17.6 Å². The average molecular weight is 459 g/mol. The molecule has 2 N–H and O–H groups in total. The minimum absolute atomic E-state index is 0.107. The van der Waals surface area contributed by atoms with Gasteiger partial charge in [0.2, 0.25) is 5.91 Å². The number of hydrogen-bond donors (Lipinski definition) is 1. The predicted octanol–water partition coefficient (Wildman–Crippen LogP) is 4.61. The van der Waals surface area contributed by atoms with E-state index in [0.717, 1.165) is 36.5 Å². The standard InChI is InChI=1S/C27H42N2O4/c1-26(2,3)20-8-11-21(12-9-20)32-22-10-7-19-17-29(14-13-18(19)15-22)25(31)23(28)16-24(30)33-27(4,5)6/h7,10,15,20-21,23H,8-9,11-14,16-17,28H2,1-6H3/t20-,21-,23?. The molecule has 1 aliphatic carbocycles. The first-order valence-electron chi connectivity index (χ1n) is 12.4. The molecule has 0 saturated heterocycles. The second kappa shape index (κ2) is 10.0. The second-order valence-electron chi connectivity index (χ2n) is 11.8. The summed E-state index contributed by atoms with van der Waals surface area (Å²) >= 11 is 0. The van der Waals surface area contributed by atoms with Crippen LogP contribution in [0.5, 0.6) is 5.75 Å². The molecule has 3 rings (SSSR count). The van der Waals surface area contributed by atoms with Gasteiger partial charge in [-0.05, 0) is 87.5 Å². The Hall–Kier alpha value is -2.08. The smallest absolute Gasteiger partial charge is 0.308 e. The van der Waals surface area contributed by atoms with E-state index in [2.05, 4.69) is 32.9 Å². The van der Waals surface area contributed by atoms with Crippen LogP contribution in [-0.4, -0.2) is 41.1 Å². The van der Waals surface area contributed by atoms with E-state index in [0.29, 0.717) is 18.5 Å². The summed E-state index contributed by atoms with van der Waals surface area (Å²) in [7, 11) is 0. The lowest BCUT2D eigenvalue weighted by Crippen LogP contribution is -2.47. The molecule has 1 heterocycles. The fraction of sp³-hybridized carbons (Fsp3) is 0.704. The minimum Gasteiger partial charge on any atom is -0.490 e. The molecular weight excluding hydrogens is 416 g/mol. The third-order valence-corrected chi connectivity index (χ3v) is 6.83. The van der Waals surface area contributed by atoms with Gasteiger partial charge in [-0.1, -0.05) is 26.8 Å². The fourth-order valence-electron chi connectivity index (χ4n) is 4.91. The van der Waals surface area contributed by atoms with E-state index in [1.807, 2.05) is 6.07 Å². The first-order valence-corrected chi connectivity index (χ1v) is 12.4. The van der Waals surface area contributed by atoms with Crippen molar-refractivity contribution in [3.63, 3.8) is 0 Å². The van der Waals surface area contributed by atoms with E-state index in [4.69, 9.17) is 15.2 Å². The van der Waals surface area contributed by atoms with Gasteiger partial charge in [-0.25, -0.2) is 0 Å². The molecule has 33 heavy (non-hydrogen) atoms. The van der Waals surface area contributed by atoms with Crippen molar-refractivity contribution in [3.05, 3.63) is 29.3 Å². The van der Waals surface area contributed by atoms with Crippen molar-refractivity contribution >= 4 is 11.9 Å². The number of esters is 1. The number of carbonyl (C=O) groups excluding carboxylic acids is 2. The van der Waals surface area contributed by atoms with Crippen LogP contribution in [0.25, 0.3) is 0 Å². The number of fused-ring (bicyclic) bond motifs is 1. The van der Waals surface area contributed by atoms with Gasteiger partial charge < -0.3 is 20.1 Å². The first kappa shape index (κ1) is 25.5. The molecule has 0 bridgehead atoms. The van der Waals surface area contributed by atoms with Gasteiger partial charge in [0.15, 0.2) is 0 Å². The van der Waals surface area contributed by atoms with Crippen LogP contribution in [0.15, 0.2) is 18.2 Å². The van der Waals surface area contributed by atoms with Crippen molar-refractivity contribution in [2.24, 2.45) is 17.1 Å². The summed E-state index contributed by atoms with van der Waals surface area (Å²) in [4.78, 5) is 26.6. The number of rotatable bonds is 5. The number of benzene rings is 1. The molecule has 1 amide bonds. The van der Waals surface area contributed by atoms with Crippen LogP contribution in [0, 0.1) is 11.3 Å². The van der Waals surface area contributed by atoms with Crippen LogP contribution >= 0.6 is 0 Å². The van der Waals surface area contributed by atoms with E-state index in [1.165, 1.54) is 18.4 Å². The van der Waals surface area contributed by atoms with Gasteiger partial charge in [-0.3, -0.25) is 9.59 Å². The van der Waals surface area contributed by atoms with E-state index >= 15 is 0 Å². The summed E-state index contributed by atoms with van der Waals surface area (Å²) in [6.45, 7) is 13.5. The van der Waals surface area contributed by atoms with Gasteiger partial charge in [0, 0.05) is 13.1 Å². The number of amides is 1. The summed E-state index contributed by atoms with van der Waals surface area (Å²) in [5, 5.41) is 0. The van der Waals surface area contributed by atoms with Crippen LogP contribution in [0.2, 0.25) is 0 Å². The van der Waals surface area contributed by atoms with Crippen LogP contribution < -0.4 is 10.5 Å². The fourth-order valence-corrected chi connectivity index (χ4v) is 4.91. The maximum Gasteiger partial charge on any atom is 0.308 e. The third kappa shape index (κ3) is 7.20. The summed E-state index contributed by atoms with van der Waals surface area (Å²) < 4.78 is 11.6. The lowest BCUT2D eigenvalue weighted by molar-refractivity contribution is -0.157. The molecule has 6 nitrogen and oxygen atoms in total. The van der Waals surface area contributed by atoms with Crippen LogP contribution in [0.4, 0.5) is 0 Å². The molecule has 2 aliphatic rings. The Bertz CT molecular complexity index is 845. The molecule has 1 aliphatic heterocycles. The Balaban J connectivity index is 1.53. The molecule has 1 aromatic rings. The first-order chi connectivity index (χ1) is 15.3. The maximum absolute atomic E-state index is 12.8. The van der Waals surface area contributed by atoms with Gasteiger partial charge in [-0.2, -0.15) is 0 Å². The molecule has 0 aromatic heterocycles. The van der Waals surface area contributed by atoms with Crippen molar-refractivity contribution < 1.29 is 19.1 Å². The van der Waals surface area contributed by atoms with Crippen molar-refractivity contribution in [2.75, 3.05) is 6.54 Å². The number of nitrogens with zero attached hydrogens (tertiary/aromatic N) is 1. The summed E-state index contributed by atoms with van der Waals surface area (Å²) in [5.41, 5.74) is 8.16. The quantitative estimate of drug-likeness (QED) is 0.652. The van der Waals surface area contributed by atoms with Crippen molar-refractivity contribution in [2.45, 2.75) is 104 Å². The molecule has 1 aromatic carbocycles. The zero-order chi connectivity index (χ0) is 24.4. The zero-order valence-electron chi connectivity index (χ0n) is 21.3. The second-order valence-corrected chi connectivity index (χ2v) is 11.8. The zero-order valence-corrected chi connectivity index (χ0v) is 21.3. The topological polar surface area (TPSA) is 81.9 Å². The lowest BCUT2D eigenvalue weighted by atomic mass is 9.72. The van der Waals surface area contributed by atoms with E-state index in [9.17, 15) is 9.59 Å². The normalized spacial score (nSPS) is 22.3. The summed E-state index contributed by atoms with van der Waals surface area (Å²) in [5.74, 6) is 1.04. The Morgan fingerprint density at radius 2 is 1.73 bits per heavy atom. The highest BCUT2D eigenvalue weighted by atomic mass is 16.6. The summed E-state index contributed by atoms with van der Waals surface area (Å²) in [6.07, 6.45) is 5.60. The molecule has 184 valence electrons. The lowest BCUT2D eigenvalue weighted by Gasteiger charge is -2.37. The Kier molecular flexibility index (Phi) is 7.77. The highest BCUT2D eigenvalue weighted by Crippen LogP contribution is 2.39. The van der Waals surface area contributed by atoms with Crippen LogP contribution in [0.1, 0.15) is 84.8 Å². The number of ether oxygens (including phenoxy) is 2. The molecule has 1 saturated carbocycles. The number of carbonyl (C=O) groups is 2. The van der Waals surface area contributed by atoms with Crippen molar-refractivity contribution in [1.82, 2.24) is 4.90 Å². The molecule has 0 radical (unpaired) electrons. The minimum atomic E-state index is -0.882. The highest BCUT2D eigenvalue weighted by Gasteiger charge is 2.31. The van der Waals surface area contributed by atoms with E-state index in [1.54, 1.807) is 25.7 Å². The van der Waals surface area contributed by atoms with E-state index in [-0.39, 0.29) is 18.4 Å². The number of nitrogens with two attached hydrogens (primary N) is 1. The predicted molar refractivity (Wildman–Crippen MR) is 130 cm³/mol. The molecule has 0 spiro atoms. The molecule has 6 heteroatoms.